The maximum absolute atomic E-state index is 12.9. The summed E-state index contributed by atoms with van der Waals surface area (Å²) in [5.74, 6) is -0.194. The van der Waals surface area contributed by atoms with E-state index in [2.05, 4.69) is 24.4 Å². The first-order valence-corrected chi connectivity index (χ1v) is 6.83. The fourth-order valence-electron chi connectivity index (χ4n) is 1.64. The fourth-order valence-corrected chi connectivity index (χ4v) is 2.58. The van der Waals surface area contributed by atoms with Gasteiger partial charge in [0.05, 0.1) is 0 Å². The highest BCUT2D eigenvalue weighted by Gasteiger charge is 2.03. The van der Waals surface area contributed by atoms with Gasteiger partial charge in [-0.3, -0.25) is 0 Å². The second kappa shape index (κ2) is 6.57. The molecule has 0 aromatic heterocycles. The lowest BCUT2D eigenvalue weighted by molar-refractivity contribution is 0.626. The first kappa shape index (κ1) is 13.1. The maximum atomic E-state index is 12.9. The highest BCUT2D eigenvalue weighted by Crippen LogP contribution is 2.30. The van der Waals surface area contributed by atoms with Crippen LogP contribution in [0.2, 0.25) is 0 Å². The molecule has 0 bridgehead atoms. The number of hydrogen-bond donors (Lipinski definition) is 1. The van der Waals surface area contributed by atoms with Crippen molar-refractivity contribution in [2.45, 2.75) is 23.3 Å². The third-order valence-electron chi connectivity index (χ3n) is 2.58. The molecule has 0 saturated carbocycles. The van der Waals surface area contributed by atoms with Crippen molar-refractivity contribution in [1.29, 1.82) is 0 Å². The van der Waals surface area contributed by atoms with Gasteiger partial charge in [0, 0.05) is 16.3 Å². The Balaban J connectivity index is 2.15. The van der Waals surface area contributed by atoms with Crippen LogP contribution < -0.4 is 5.32 Å². The van der Waals surface area contributed by atoms with E-state index in [-0.39, 0.29) is 5.82 Å². The van der Waals surface area contributed by atoms with Crippen LogP contribution in [0, 0.1) is 5.82 Å². The van der Waals surface area contributed by atoms with Gasteiger partial charge in [-0.1, -0.05) is 36.9 Å². The second-order valence-electron chi connectivity index (χ2n) is 3.94. The Bertz CT molecular complexity index is 496. The Hall–Kier alpha value is -1.32. The number of benzene rings is 2. The molecule has 0 heterocycles. The van der Waals surface area contributed by atoms with Gasteiger partial charge in [-0.2, -0.15) is 0 Å². The van der Waals surface area contributed by atoms with Crippen LogP contribution in [-0.4, -0.2) is 6.54 Å². The minimum Gasteiger partial charge on any atom is -0.313 e. The molecule has 2 rings (SSSR count). The molecule has 2 aromatic rings. The van der Waals surface area contributed by atoms with Gasteiger partial charge in [-0.05, 0) is 42.4 Å². The Morgan fingerprint density at radius 2 is 1.78 bits per heavy atom. The summed E-state index contributed by atoms with van der Waals surface area (Å²) in [4.78, 5) is 2.27. The monoisotopic (exact) mass is 261 g/mol. The summed E-state index contributed by atoms with van der Waals surface area (Å²) < 4.78 is 12.9. The van der Waals surface area contributed by atoms with Gasteiger partial charge in [0.1, 0.15) is 5.82 Å². The number of nitrogens with one attached hydrogen (secondary N) is 1. The summed E-state index contributed by atoms with van der Waals surface area (Å²) in [7, 11) is 0. The Morgan fingerprint density at radius 3 is 2.50 bits per heavy atom. The van der Waals surface area contributed by atoms with Crippen molar-refractivity contribution in [1.82, 2.24) is 5.32 Å². The molecule has 18 heavy (non-hydrogen) atoms. The molecule has 0 aliphatic carbocycles. The Labute approximate surface area is 111 Å². The van der Waals surface area contributed by atoms with Gasteiger partial charge < -0.3 is 5.32 Å². The zero-order valence-corrected chi connectivity index (χ0v) is 11.1. The molecule has 94 valence electrons. The summed E-state index contributed by atoms with van der Waals surface area (Å²) >= 11 is 1.67. The van der Waals surface area contributed by atoms with Crippen LogP contribution in [0.15, 0.2) is 58.3 Å². The minimum absolute atomic E-state index is 0.194. The molecule has 0 radical (unpaired) electrons. The van der Waals surface area contributed by atoms with Crippen LogP contribution in [0.3, 0.4) is 0 Å². The zero-order chi connectivity index (χ0) is 12.8. The lowest BCUT2D eigenvalue weighted by Gasteiger charge is -2.09. The molecule has 0 fully saturated rings. The van der Waals surface area contributed by atoms with Gasteiger partial charge in [0.2, 0.25) is 0 Å². The topological polar surface area (TPSA) is 12.0 Å². The van der Waals surface area contributed by atoms with E-state index in [1.165, 1.54) is 22.6 Å². The highest BCUT2D eigenvalue weighted by atomic mass is 32.2. The Morgan fingerprint density at radius 1 is 1.06 bits per heavy atom. The van der Waals surface area contributed by atoms with Gasteiger partial charge in [0.15, 0.2) is 0 Å². The van der Waals surface area contributed by atoms with E-state index >= 15 is 0 Å². The molecular weight excluding hydrogens is 245 g/mol. The molecule has 1 nitrogen and oxygen atoms in total. The predicted molar refractivity (Wildman–Crippen MR) is 74.3 cm³/mol. The molecule has 1 N–H and O–H groups in total. The van der Waals surface area contributed by atoms with Crippen molar-refractivity contribution >= 4 is 11.8 Å². The molecule has 0 amide bonds. The largest absolute Gasteiger partial charge is 0.313 e. The van der Waals surface area contributed by atoms with Crippen LogP contribution in [0.4, 0.5) is 4.39 Å². The second-order valence-corrected chi connectivity index (χ2v) is 5.06. The van der Waals surface area contributed by atoms with Crippen LogP contribution >= 0.6 is 11.8 Å². The third kappa shape index (κ3) is 3.59. The number of rotatable bonds is 5. The van der Waals surface area contributed by atoms with Crippen molar-refractivity contribution in [3.8, 4) is 0 Å². The lowest BCUT2D eigenvalue weighted by atomic mass is 10.2. The van der Waals surface area contributed by atoms with E-state index in [9.17, 15) is 4.39 Å². The number of halogens is 1. The van der Waals surface area contributed by atoms with Gasteiger partial charge in [0.25, 0.3) is 0 Å². The molecule has 0 aliphatic heterocycles. The normalized spacial score (nSPS) is 10.6. The third-order valence-corrected chi connectivity index (χ3v) is 3.71. The molecular formula is C15H16FNS. The Kier molecular flexibility index (Phi) is 4.79. The molecule has 0 saturated heterocycles. The van der Waals surface area contributed by atoms with Crippen LogP contribution in [-0.2, 0) is 6.54 Å². The summed E-state index contributed by atoms with van der Waals surface area (Å²) in [6.45, 7) is 3.91. The van der Waals surface area contributed by atoms with E-state index in [4.69, 9.17) is 0 Å². The summed E-state index contributed by atoms with van der Waals surface area (Å²) in [6, 6.07) is 14.9. The standard InChI is InChI=1S/C15H16FNS/c1-2-17-11-12-5-3-4-6-15(12)18-14-9-7-13(16)8-10-14/h3-10,17H,2,11H2,1H3. The highest BCUT2D eigenvalue weighted by molar-refractivity contribution is 7.99. The molecule has 0 atom stereocenters. The smallest absolute Gasteiger partial charge is 0.123 e. The molecule has 3 heteroatoms. The van der Waals surface area contributed by atoms with Crippen LogP contribution in [0.1, 0.15) is 12.5 Å². The summed E-state index contributed by atoms with van der Waals surface area (Å²) in [5, 5.41) is 3.33. The first-order valence-electron chi connectivity index (χ1n) is 6.01. The van der Waals surface area contributed by atoms with E-state index in [1.807, 2.05) is 24.3 Å². The van der Waals surface area contributed by atoms with Crippen molar-refractivity contribution in [3.63, 3.8) is 0 Å². The molecule has 0 unspecified atom stereocenters. The average molecular weight is 261 g/mol. The van der Waals surface area contributed by atoms with E-state index in [0.717, 1.165) is 18.0 Å². The first-order chi connectivity index (χ1) is 8.79. The zero-order valence-electron chi connectivity index (χ0n) is 10.3. The van der Waals surface area contributed by atoms with E-state index in [0.29, 0.717) is 0 Å². The molecule has 0 spiro atoms. The SMILES string of the molecule is CCNCc1ccccc1Sc1ccc(F)cc1. The number of hydrogen-bond acceptors (Lipinski definition) is 2. The van der Waals surface area contributed by atoms with Crippen molar-refractivity contribution in [3.05, 3.63) is 59.9 Å². The van der Waals surface area contributed by atoms with Gasteiger partial charge >= 0.3 is 0 Å². The van der Waals surface area contributed by atoms with Crippen molar-refractivity contribution in [2.75, 3.05) is 6.54 Å². The minimum atomic E-state index is -0.194. The lowest BCUT2D eigenvalue weighted by Crippen LogP contribution is -2.12. The molecule has 0 aliphatic rings. The predicted octanol–water partition coefficient (Wildman–Crippen LogP) is 4.09. The maximum Gasteiger partial charge on any atom is 0.123 e. The average Bonchev–Trinajstić information content (AvgIpc) is 2.40. The summed E-state index contributed by atoms with van der Waals surface area (Å²) in [5.41, 5.74) is 1.27. The van der Waals surface area contributed by atoms with Crippen LogP contribution in [0.25, 0.3) is 0 Å². The molecule has 2 aromatic carbocycles. The fraction of sp³-hybridized carbons (Fsp3) is 0.200. The van der Waals surface area contributed by atoms with Gasteiger partial charge in [-0.15, -0.1) is 0 Å². The van der Waals surface area contributed by atoms with E-state index in [1.54, 1.807) is 11.8 Å². The summed E-state index contributed by atoms with van der Waals surface area (Å²) in [6.07, 6.45) is 0. The van der Waals surface area contributed by atoms with Crippen LogP contribution in [0.5, 0.6) is 0 Å². The van der Waals surface area contributed by atoms with Crippen molar-refractivity contribution in [2.24, 2.45) is 0 Å². The quantitative estimate of drug-likeness (QED) is 0.870. The van der Waals surface area contributed by atoms with Gasteiger partial charge in [-0.25, -0.2) is 4.39 Å². The van der Waals surface area contributed by atoms with E-state index < -0.39 is 0 Å². The van der Waals surface area contributed by atoms with Crippen molar-refractivity contribution < 1.29 is 4.39 Å².